The number of thioether (sulfide) groups is 1. The SMILES string of the molecule is CSc1ccc(C(=O)N2CCN(CCC(=O)C(C)C)CC2)cc1. The van der Waals surface area contributed by atoms with Crippen molar-refractivity contribution in [2.24, 2.45) is 5.92 Å². The molecule has 5 heteroatoms. The third-order valence-electron chi connectivity index (χ3n) is 4.31. The van der Waals surface area contributed by atoms with Gasteiger partial charge in [-0.25, -0.2) is 0 Å². The number of carbonyl (C=O) groups is 2. The molecule has 1 aromatic rings. The summed E-state index contributed by atoms with van der Waals surface area (Å²) < 4.78 is 0. The van der Waals surface area contributed by atoms with E-state index in [9.17, 15) is 9.59 Å². The molecule has 1 fully saturated rings. The van der Waals surface area contributed by atoms with Crippen molar-refractivity contribution >= 4 is 23.5 Å². The summed E-state index contributed by atoms with van der Waals surface area (Å²) in [5.74, 6) is 0.537. The monoisotopic (exact) mass is 334 g/mol. The molecule has 0 aromatic heterocycles. The summed E-state index contributed by atoms with van der Waals surface area (Å²) in [6.07, 6.45) is 2.64. The van der Waals surface area contributed by atoms with Gasteiger partial charge in [0, 0.05) is 55.5 Å². The van der Waals surface area contributed by atoms with Crippen LogP contribution in [0.5, 0.6) is 0 Å². The van der Waals surface area contributed by atoms with Crippen molar-refractivity contribution in [3.63, 3.8) is 0 Å². The van der Waals surface area contributed by atoms with Crippen molar-refractivity contribution < 1.29 is 9.59 Å². The van der Waals surface area contributed by atoms with Gasteiger partial charge in [-0.3, -0.25) is 14.5 Å². The van der Waals surface area contributed by atoms with Crippen molar-refractivity contribution in [2.75, 3.05) is 39.0 Å². The van der Waals surface area contributed by atoms with Crippen LogP contribution in [0.2, 0.25) is 0 Å². The zero-order valence-electron chi connectivity index (χ0n) is 14.2. The summed E-state index contributed by atoms with van der Waals surface area (Å²) in [5.41, 5.74) is 0.756. The highest BCUT2D eigenvalue weighted by atomic mass is 32.2. The highest BCUT2D eigenvalue weighted by Crippen LogP contribution is 2.16. The number of benzene rings is 1. The zero-order valence-corrected chi connectivity index (χ0v) is 15.1. The normalized spacial score (nSPS) is 15.9. The Labute approximate surface area is 143 Å². The van der Waals surface area contributed by atoms with E-state index in [0.29, 0.717) is 12.2 Å². The Morgan fingerprint density at radius 1 is 1.09 bits per heavy atom. The van der Waals surface area contributed by atoms with Crippen molar-refractivity contribution in [2.45, 2.75) is 25.2 Å². The molecule has 126 valence electrons. The van der Waals surface area contributed by atoms with E-state index in [1.54, 1.807) is 11.8 Å². The number of nitrogens with zero attached hydrogens (tertiary/aromatic N) is 2. The third kappa shape index (κ3) is 5.08. The molecule has 1 aromatic carbocycles. The van der Waals surface area contributed by atoms with Crippen LogP contribution in [-0.4, -0.2) is 60.5 Å². The molecule has 1 saturated heterocycles. The Kier molecular flexibility index (Phi) is 6.66. The van der Waals surface area contributed by atoms with Crippen LogP contribution in [0.3, 0.4) is 0 Å². The van der Waals surface area contributed by atoms with Crippen LogP contribution in [0, 0.1) is 5.92 Å². The van der Waals surface area contributed by atoms with Crippen LogP contribution < -0.4 is 0 Å². The Bertz CT molecular complexity index is 534. The van der Waals surface area contributed by atoms with Crippen molar-refractivity contribution in [3.8, 4) is 0 Å². The van der Waals surface area contributed by atoms with Crippen LogP contribution in [0.4, 0.5) is 0 Å². The van der Waals surface area contributed by atoms with E-state index >= 15 is 0 Å². The molecular weight excluding hydrogens is 308 g/mol. The van der Waals surface area contributed by atoms with E-state index in [4.69, 9.17) is 0 Å². The number of ketones is 1. The van der Waals surface area contributed by atoms with Crippen LogP contribution in [0.15, 0.2) is 29.2 Å². The quantitative estimate of drug-likeness (QED) is 0.750. The molecule has 23 heavy (non-hydrogen) atoms. The maximum absolute atomic E-state index is 12.5. The van der Waals surface area contributed by atoms with E-state index in [2.05, 4.69) is 4.90 Å². The number of carbonyl (C=O) groups excluding carboxylic acids is 2. The smallest absolute Gasteiger partial charge is 0.253 e. The number of hydrogen-bond acceptors (Lipinski definition) is 4. The predicted octanol–water partition coefficient (Wildman–Crippen LogP) is 2.78. The first-order valence-electron chi connectivity index (χ1n) is 8.19. The highest BCUT2D eigenvalue weighted by Gasteiger charge is 2.22. The van der Waals surface area contributed by atoms with Crippen LogP contribution in [0.1, 0.15) is 30.6 Å². The van der Waals surface area contributed by atoms with Gasteiger partial charge in [0.1, 0.15) is 5.78 Å². The molecule has 0 radical (unpaired) electrons. The number of amides is 1. The van der Waals surface area contributed by atoms with E-state index in [1.807, 2.05) is 49.3 Å². The van der Waals surface area contributed by atoms with E-state index < -0.39 is 0 Å². The number of piperazine rings is 1. The molecule has 1 amide bonds. The van der Waals surface area contributed by atoms with Gasteiger partial charge in [-0.1, -0.05) is 13.8 Å². The lowest BCUT2D eigenvalue weighted by atomic mass is 10.1. The average molecular weight is 334 g/mol. The lowest BCUT2D eigenvalue weighted by molar-refractivity contribution is -0.122. The molecule has 4 nitrogen and oxygen atoms in total. The second kappa shape index (κ2) is 8.50. The number of Topliss-reactive ketones (excluding diaryl/α,β-unsaturated/α-hetero) is 1. The average Bonchev–Trinajstić information content (AvgIpc) is 2.59. The molecule has 0 saturated carbocycles. The molecule has 0 aliphatic carbocycles. The molecule has 0 unspecified atom stereocenters. The topological polar surface area (TPSA) is 40.6 Å². The Hall–Kier alpha value is -1.33. The van der Waals surface area contributed by atoms with Crippen LogP contribution in [0.25, 0.3) is 0 Å². The first kappa shape index (κ1) is 18.0. The lowest BCUT2D eigenvalue weighted by Gasteiger charge is -2.34. The number of rotatable bonds is 6. The molecule has 0 N–H and O–H groups in total. The molecule has 0 spiro atoms. The first-order chi connectivity index (χ1) is 11.0. The van der Waals surface area contributed by atoms with E-state index in [1.165, 1.54) is 4.90 Å². The maximum atomic E-state index is 12.5. The Morgan fingerprint density at radius 2 is 1.70 bits per heavy atom. The Morgan fingerprint density at radius 3 is 2.22 bits per heavy atom. The van der Waals surface area contributed by atoms with Gasteiger partial charge in [-0.15, -0.1) is 11.8 Å². The summed E-state index contributed by atoms with van der Waals surface area (Å²) in [5, 5.41) is 0. The molecule has 1 aliphatic rings. The van der Waals surface area contributed by atoms with Gasteiger partial charge in [0.25, 0.3) is 5.91 Å². The zero-order chi connectivity index (χ0) is 16.8. The minimum absolute atomic E-state index is 0.107. The minimum atomic E-state index is 0.107. The molecule has 0 atom stereocenters. The Balaban J connectivity index is 1.81. The van der Waals surface area contributed by atoms with Gasteiger partial charge in [0.05, 0.1) is 0 Å². The van der Waals surface area contributed by atoms with Crippen LogP contribution >= 0.6 is 11.8 Å². The second-order valence-electron chi connectivity index (χ2n) is 6.23. The summed E-state index contributed by atoms with van der Waals surface area (Å²) >= 11 is 1.68. The van der Waals surface area contributed by atoms with Crippen molar-refractivity contribution in [3.05, 3.63) is 29.8 Å². The first-order valence-corrected chi connectivity index (χ1v) is 9.42. The van der Waals surface area contributed by atoms with E-state index in [0.717, 1.165) is 38.3 Å². The van der Waals surface area contributed by atoms with Gasteiger partial charge in [-0.2, -0.15) is 0 Å². The van der Waals surface area contributed by atoms with Gasteiger partial charge in [-0.05, 0) is 30.5 Å². The summed E-state index contributed by atoms with van der Waals surface area (Å²) in [6.45, 7) is 7.86. The predicted molar refractivity (Wildman–Crippen MR) is 95.0 cm³/mol. The van der Waals surface area contributed by atoms with Gasteiger partial charge < -0.3 is 4.90 Å². The second-order valence-corrected chi connectivity index (χ2v) is 7.11. The highest BCUT2D eigenvalue weighted by molar-refractivity contribution is 7.98. The fourth-order valence-corrected chi connectivity index (χ4v) is 3.06. The van der Waals surface area contributed by atoms with Gasteiger partial charge in [0.15, 0.2) is 0 Å². The third-order valence-corrected chi connectivity index (χ3v) is 5.06. The maximum Gasteiger partial charge on any atom is 0.253 e. The molecule has 1 aliphatic heterocycles. The van der Waals surface area contributed by atoms with E-state index in [-0.39, 0.29) is 11.8 Å². The molecule has 2 rings (SSSR count). The minimum Gasteiger partial charge on any atom is -0.336 e. The number of hydrogen-bond donors (Lipinski definition) is 0. The van der Waals surface area contributed by atoms with Gasteiger partial charge in [0.2, 0.25) is 0 Å². The van der Waals surface area contributed by atoms with Gasteiger partial charge >= 0.3 is 0 Å². The standard InChI is InChI=1S/C18H26N2O2S/c1-14(2)17(21)8-9-19-10-12-20(13-11-19)18(22)15-4-6-16(23-3)7-5-15/h4-7,14H,8-13H2,1-3H3. The largest absolute Gasteiger partial charge is 0.336 e. The van der Waals surface area contributed by atoms with Crippen LogP contribution in [-0.2, 0) is 4.79 Å². The molecule has 0 bridgehead atoms. The fourth-order valence-electron chi connectivity index (χ4n) is 2.65. The summed E-state index contributed by atoms with van der Waals surface area (Å²) in [6, 6.07) is 7.79. The summed E-state index contributed by atoms with van der Waals surface area (Å²) in [7, 11) is 0. The van der Waals surface area contributed by atoms with Crippen molar-refractivity contribution in [1.82, 2.24) is 9.80 Å². The van der Waals surface area contributed by atoms with Crippen molar-refractivity contribution in [1.29, 1.82) is 0 Å². The lowest BCUT2D eigenvalue weighted by Crippen LogP contribution is -2.49. The fraction of sp³-hybridized carbons (Fsp3) is 0.556. The molecular formula is C18H26N2O2S. The molecule has 1 heterocycles. The summed E-state index contributed by atoms with van der Waals surface area (Å²) in [4.78, 5) is 29.6.